The van der Waals surface area contributed by atoms with E-state index in [9.17, 15) is 4.39 Å². The van der Waals surface area contributed by atoms with Gasteiger partial charge in [-0.05, 0) is 78.6 Å². The normalized spacial score (nSPS) is 41.5. The zero-order valence-electron chi connectivity index (χ0n) is 22.3. The highest BCUT2D eigenvalue weighted by Crippen LogP contribution is 2.51. The smallest absolute Gasteiger partial charge is 0.114 e. The Hall–Kier alpha value is -0.190. The zero-order chi connectivity index (χ0) is 23.5. The summed E-state index contributed by atoms with van der Waals surface area (Å²) in [6, 6.07) is 1.69. The molecule has 32 heavy (non-hydrogen) atoms. The molecule has 3 saturated heterocycles. The molecular weight excluding hydrogens is 397 g/mol. The van der Waals surface area contributed by atoms with E-state index in [4.69, 9.17) is 0 Å². The van der Waals surface area contributed by atoms with Crippen molar-refractivity contribution in [3.05, 3.63) is 0 Å². The van der Waals surface area contributed by atoms with Crippen LogP contribution in [0.25, 0.3) is 0 Å². The van der Waals surface area contributed by atoms with Crippen molar-refractivity contribution in [1.82, 2.24) is 15.5 Å². The lowest BCUT2D eigenvalue weighted by Gasteiger charge is -2.35. The molecule has 186 valence electrons. The monoisotopic (exact) mass is 449 g/mol. The van der Waals surface area contributed by atoms with Gasteiger partial charge in [-0.1, -0.05) is 55.4 Å². The van der Waals surface area contributed by atoms with Gasteiger partial charge < -0.3 is 10.6 Å². The maximum Gasteiger partial charge on any atom is 0.114 e. The fraction of sp³-hybridized carbons (Fsp3) is 1.00. The summed E-state index contributed by atoms with van der Waals surface area (Å²) in [5.41, 5.74) is 0.872. The van der Waals surface area contributed by atoms with Crippen LogP contribution in [0.1, 0.15) is 87.5 Å². The van der Waals surface area contributed by atoms with E-state index in [1.165, 1.54) is 45.3 Å². The van der Waals surface area contributed by atoms with Gasteiger partial charge in [-0.2, -0.15) is 0 Å². The second kappa shape index (κ2) is 8.79. The van der Waals surface area contributed by atoms with Crippen LogP contribution in [-0.4, -0.2) is 55.4 Å². The molecule has 4 heteroatoms. The molecule has 0 aromatic rings. The van der Waals surface area contributed by atoms with Gasteiger partial charge in [0.25, 0.3) is 0 Å². The Morgan fingerprint density at radius 3 is 2.06 bits per heavy atom. The van der Waals surface area contributed by atoms with Crippen LogP contribution in [0.15, 0.2) is 0 Å². The van der Waals surface area contributed by atoms with Crippen molar-refractivity contribution >= 4 is 0 Å². The van der Waals surface area contributed by atoms with Crippen molar-refractivity contribution in [3.8, 4) is 0 Å². The molecule has 8 unspecified atom stereocenters. The number of hydrogen-bond acceptors (Lipinski definition) is 3. The van der Waals surface area contributed by atoms with Gasteiger partial charge in [0.05, 0.1) is 0 Å². The molecule has 0 aromatic carbocycles. The van der Waals surface area contributed by atoms with Crippen LogP contribution in [0.4, 0.5) is 4.39 Å². The summed E-state index contributed by atoms with van der Waals surface area (Å²) >= 11 is 0. The van der Waals surface area contributed by atoms with Gasteiger partial charge in [0.15, 0.2) is 0 Å². The van der Waals surface area contributed by atoms with Crippen LogP contribution < -0.4 is 10.6 Å². The molecule has 1 aliphatic carbocycles. The maximum atomic E-state index is 13.8. The van der Waals surface area contributed by atoms with Crippen molar-refractivity contribution in [2.75, 3.05) is 26.2 Å². The topological polar surface area (TPSA) is 27.3 Å². The van der Waals surface area contributed by atoms with E-state index >= 15 is 0 Å². The van der Waals surface area contributed by atoms with Gasteiger partial charge in [-0.25, -0.2) is 4.39 Å². The third-order valence-corrected chi connectivity index (χ3v) is 9.59. The van der Waals surface area contributed by atoms with Gasteiger partial charge in [0.1, 0.15) is 6.17 Å². The average Bonchev–Trinajstić information content (AvgIpc) is 3.06. The summed E-state index contributed by atoms with van der Waals surface area (Å²) in [7, 11) is 0. The van der Waals surface area contributed by atoms with E-state index in [-0.39, 0.29) is 5.41 Å². The predicted octanol–water partition coefficient (Wildman–Crippen LogP) is 5.50. The van der Waals surface area contributed by atoms with Gasteiger partial charge >= 0.3 is 0 Å². The molecule has 4 fully saturated rings. The van der Waals surface area contributed by atoms with Crippen LogP contribution in [0.3, 0.4) is 0 Å². The zero-order valence-corrected chi connectivity index (χ0v) is 22.3. The van der Waals surface area contributed by atoms with Crippen molar-refractivity contribution in [2.24, 2.45) is 39.9 Å². The molecule has 0 radical (unpaired) electrons. The lowest BCUT2D eigenvalue weighted by molar-refractivity contribution is 0.132. The number of rotatable bonds is 6. The Balaban J connectivity index is 1.33. The highest BCUT2D eigenvalue weighted by molar-refractivity contribution is 5.03. The highest BCUT2D eigenvalue weighted by atomic mass is 19.1. The summed E-state index contributed by atoms with van der Waals surface area (Å²) in [4.78, 5) is 2.87. The Kier molecular flexibility index (Phi) is 6.85. The summed E-state index contributed by atoms with van der Waals surface area (Å²) in [5.74, 6) is 3.47. The number of halogens is 1. The highest BCUT2D eigenvalue weighted by Gasteiger charge is 2.50. The van der Waals surface area contributed by atoms with E-state index < -0.39 is 6.17 Å². The number of hydrogen-bond donors (Lipinski definition) is 2. The molecule has 2 N–H and O–H groups in total. The molecule has 1 saturated carbocycles. The first-order valence-electron chi connectivity index (χ1n) is 13.6. The van der Waals surface area contributed by atoms with Crippen molar-refractivity contribution in [2.45, 2.75) is 112 Å². The summed E-state index contributed by atoms with van der Waals surface area (Å²) in [6.45, 7) is 23.5. The van der Waals surface area contributed by atoms with E-state index in [2.05, 4.69) is 70.9 Å². The summed E-state index contributed by atoms with van der Waals surface area (Å²) < 4.78 is 13.8. The minimum atomic E-state index is -0.656. The minimum absolute atomic E-state index is 0.170. The lowest BCUT2D eigenvalue weighted by atomic mass is 9.74. The maximum absolute atomic E-state index is 13.8. The average molecular weight is 450 g/mol. The first-order chi connectivity index (χ1) is 14.7. The van der Waals surface area contributed by atoms with Crippen LogP contribution in [0, 0.1) is 39.9 Å². The van der Waals surface area contributed by atoms with Crippen molar-refractivity contribution in [1.29, 1.82) is 0 Å². The van der Waals surface area contributed by atoms with Crippen LogP contribution in [-0.2, 0) is 0 Å². The largest absolute Gasteiger partial charge is 0.313 e. The van der Waals surface area contributed by atoms with Crippen LogP contribution >= 0.6 is 0 Å². The third-order valence-electron chi connectivity index (χ3n) is 9.59. The second-order valence-corrected chi connectivity index (χ2v) is 14.9. The fourth-order valence-electron chi connectivity index (χ4n) is 7.53. The summed E-state index contributed by atoms with van der Waals surface area (Å²) in [6.07, 6.45) is 5.38. The molecule has 4 aliphatic rings. The molecule has 4 rings (SSSR count). The van der Waals surface area contributed by atoms with E-state index in [1.807, 2.05) is 0 Å². The number of likely N-dealkylation sites (tertiary alicyclic amines) is 1. The number of nitrogens with zero attached hydrogens (tertiary/aromatic N) is 1. The van der Waals surface area contributed by atoms with Gasteiger partial charge in [-0.15, -0.1) is 0 Å². The molecule has 3 aliphatic heterocycles. The Morgan fingerprint density at radius 2 is 1.50 bits per heavy atom. The van der Waals surface area contributed by atoms with Crippen molar-refractivity contribution < 1.29 is 4.39 Å². The first kappa shape index (κ1) is 24.9. The van der Waals surface area contributed by atoms with E-state index in [0.717, 1.165) is 23.7 Å². The molecule has 0 aromatic heterocycles. The quantitative estimate of drug-likeness (QED) is 0.561. The molecule has 0 spiro atoms. The van der Waals surface area contributed by atoms with Crippen molar-refractivity contribution in [3.63, 3.8) is 0 Å². The predicted molar refractivity (Wildman–Crippen MR) is 134 cm³/mol. The Morgan fingerprint density at radius 1 is 0.812 bits per heavy atom. The van der Waals surface area contributed by atoms with Crippen LogP contribution in [0.2, 0.25) is 0 Å². The van der Waals surface area contributed by atoms with Crippen LogP contribution in [0.5, 0.6) is 0 Å². The molecule has 3 heterocycles. The minimum Gasteiger partial charge on any atom is -0.313 e. The van der Waals surface area contributed by atoms with E-state index in [0.29, 0.717) is 41.9 Å². The van der Waals surface area contributed by atoms with Gasteiger partial charge in [-0.3, -0.25) is 4.90 Å². The molecular formula is C28H52FN3. The fourth-order valence-corrected chi connectivity index (χ4v) is 7.53. The standard InChI is InChI=1S/C28H52FN3/c1-26(2,3)23-11-19(14-30-23)22-10-20(22)17-32-16-18(9-25(32)27(4,5)6)13-28(7,8)24-12-21(29)15-31-24/h18-25,30-31H,9-17H2,1-8H3. The van der Waals surface area contributed by atoms with Gasteiger partial charge in [0.2, 0.25) is 0 Å². The SMILES string of the molecule is CC(C)(C)C1CC(C2CC2CN2CC(CC(C)(C)C3CC(F)CN3)CC2C(C)(C)C)CN1. The second-order valence-electron chi connectivity index (χ2n) is 14.9. The number of nitrogens with one attached hydrogen (secondary N) is 2. The molecule has 0 amide bonds. The molecule has 8 atom stereocenters. The molecule has 0 bridgehead atoms. The molecule has 3 nitrogen and oxygen atoms in total. The Labute approximate surface area is 198 Å². The first-order valence-corrected chi connectivity index (χ1v) is 13.6. The summed E-state index contributed by atoms with van der Waals surface area (Å²) in [5, 5.41) is 7.30. The van der Waals surface area contributed by atoms with Gasteiger partial charge in [0, 0.05) is 37.8 Å². The lowest BCUT2D eigenvalue weighted by Crippen LogP contribution is -2.40. The Bertz CT molecular complexity index is 648. The number of alkyl halides is 1. The van der Waals surface area contributed by atoms with E-state index in [1.54, 1.807) is 0 Å². The third kappa shape index (κ3) is 5.54.